The van der Waals surface area contributed by atoms with Gasteiger partial charge in [-0.3, -0.25) is 4.99 Å². The topological polar surface area (TPSA) is 54.9 Å². The van der Waals surface area contributed by atoms with Crippen LogP contribution in [0.15, 0.2) is 29.3 Å². The molecule has 0 amide bonds. The second-order valence-corrected chi connectivity index (χ2v) is 5.25. The third-order valence-corrected chi connectivity index (χ3v) is 3.20. The Labute approximate surface area is 140 Å². The van der Waals surface area contributed by atoms with Gasteiger partial charge in [-0.25, -0.2) is 0 Å². The fourth-order valence-electron chi connectivity index (χ4n) is 1.97. The number of benzene rings is 1. The Balaban J connectivity index is 2.19. The summed E-state index contributed by atoms with van der Waals surface area (Å²) in [5.41, 5.74) is 1.24. The third kappa shape index (κ3) is 9.79. The largest absolute Gasteiger partial charge is 0.492 e. The summed E-state index contributed by atoms with van der Waals surface area (Å²) >= 11 is 0. The first-order valence-electron chi connectivity index (χ1n) is 8.55. The molecule has 0 saturated heterocycles. The summed E-state index contributed by atoms with van der Waals surface area (Å²) in [5, 5.41) is 6.53. The van der Waals surface area contributed by atoms with Gasteiger partial charge >= 0.3 is 0 Å². The number of ether oxygens (including phenoxy) is 2. The van der Waals surface area contributed by atoms with Crippen LogP contribution < -0.4 is 15.4 Å². The number of hydrogen-bond acceptors (Lipinski definition) is 3. The Morgan fingerprint density at radius 2 is 1.83 bits per heavy atom. The van der Waals surface area contributed by atoms with Gasteiger partial charge in [-0.2, -0.15) is 0 Å². The molecule has 0 aliphatic rings. The molecule has 0 aliphatic carbocycles. The molecule has 23 heavy (non-hydrogen) atoms. The highest BCUT2D eigenvalue weighted by molar-refractivity contribution is 5.79. The molecule has 0 atom stereocenters. The van der Waals surface area contributed by atoms with E-state index in [0.29, 0.717) is 6.61 Å². The number of hydrogen-bond donors (Lipinski definition) is 2. The van der Waals surface area contributed by atoms with Gasteiger partial charge in [0, 0.05) is 26.3 Å². The highest BCUT2D eigenvalue weighted by atomic mass is 16.5. The summed E-state index contributed by atoms with van der Waals surface area (Å²) < 4.78 is 11.0. The molecule has 0 aliphatic heterocycles. The van der Waals surface area contributed by atoms with Crippen molar-refractivity contribution in [2.24, 2.45) is 4.99 Å². The highest BCUT2D eigenvalue weighted by Gasteiger charge is 1.98. The molecule has 5 heteroatoms. The zero-order valence-corrected chi connectivity index (χ0v) is 14.7. The van der Waals surface area contributed by atoms with E-state index in [0.717, 1.165) is 57.4 Å². The average Bonchev–Trinajstić information content (AvgIpc) is 2.56. The van der Waals surface area contributed by atoms with Crippen LogP contribution >= 0.6 is 0 Å². The van der Waals surface area contributed by atoms with E-state index in [1.54, 1.807) is 0 Å². The van der Waals surface area contributed by atoms with Gasteiger partial charge < -0.3 is 20.1 Å². The van der Waals surface area contributed by atoms with Gasteiger partial charge in [0.25, 0.3) is 0 Å². The molecule has 0 aromatic heterocycles. The molecule has 1 aromatic rings. The van der Waals surface area contributed by atoms with Crippen molar-refractivity contribution < 1.29 is 9.47 Å². The van der Waals surface area contributed by atoms with Gasteiger partial charge in [0.1, 0.15) is 12.4 Å². The van der Waals surface area contributed by atoms with Crippen LogP contribution in [-0.2, 0) is 4.74 Å². The maximum Gasteiger partial charge on any atom is 0.191 e. The lowest BCUT2D eigenvalue weighted by atomic mass is 10.2. The minimum Gasteiger partial charge on any atom is -0.492 e. The number of nitrogens with one attached hydrogen (secondary N) is 2. The SMILES string of the molecule is CCNC(=NCCCCOCC)NCCOc1ccc(C)cc1. The smallest absolute Gasteiger partial charge is 0.191 e. The molecule has 0 spiro atoms. The van der Waals surface area contributed by atoms with Crippen LogP contribution in [-0.4, -0.2) is 45.4 Å². The standard InChI is InChI=1S/C18H31N3O2/c1-4-19-18(20-12-6-7-14-22-5-2)21-13-15-23-17-10-8-16(3)9-11-17/h8-11H,4-7,12-15H2,1-3H3,(H2,19,20,21). The fraction of sp³-hybridized carbons (Fsp3) is 0.611. The van der Waals surface area contributed by atoms with Crippen molar-refractivity contribution >= 4 is 5.96 Å². The molecule has 5 nitrogen and oxygen atoms in total. The van der Waals surface area contributed by atoms with Crippen LogP contribution in [0.25, 0.3) is 0 Å². The zero-order valence-electron chi connectivity index (χ0n) is 14.7. The van der Waals surface area contributed by atoms with E-state index < -0.39 is 0 Å². The van der Waals surface area contributed by atoms with E-state index in [2.05, 4.69) is 41.6 Å². The lowest BCUT2D eigenvalue weighted by Crippen LogP contribution is -2.39. The molecule has 1 rings (SSSR count). The Hall–Kier alpha value is -1.75. The second-order valence-electron chi connectivity index (χ2n) is 5.25. The van der Waals surface area contributed by atoms with Crippen molar-refractivity contribution in [2.45, 2.75) is 33.6 Å². The number of guanidine groups is 1. The van der Waals surface area contributed by atoms with Gasteiger partial charge in [-0.05, 0) is 45.7 Å². The summed E-state index contributed by atoms with van der Waals surface area (Å²) in [7, 11) is 0. The first-order valence-corrected chi connectivity index (χ1v) is 8.55. The fourth-order valence-corrected chi connectivity index (χ4v) is 1.97. The molecule has 1 aromatic carbocycles. The monoisotopic (exact) mass is 321 g/mol. The Morgan fingerprint density at radius 3 is 2.52 bits per heavy atom. The summed E-state index contributed by atoms with van der Waals surface area (Å²) in [6.07, 6.45) is 2.09. The van der Waals surface area contributed by atoms with E-state index in [-0.39, 0.29) is 0 Å². The molecular formula is C18H31N3O2. The predicted octanol–water partition coefficient (Wildman–Crippen LogP) is 2.75. The maximum absolute atomic E-state index is 5.70. The van der Waals surface area contributed by atoms with E-state index in [9.17, 15) is 0 Å². The molecule has 0 fully saturated rings. The molecule has 0 radical (unpaired) electrons. The normalized spacial score (nSPS) is 11.3. The van der Waals surface area contributed by atoms with Crippen molar-refractivity contribution in [3.63, 3.8) is 0 Å². The average molecular weight is 321 g/mol. The van der Waals surface area contributed by atoms with Crippen LogP contribution in [0.4, 0.5) is 0 Å². The van der Waals surface area contributed by atoms with Crippen LogP contribution in [0.5, 0.6) is 5.75 Å². The molecule has 0 unspecified atom stereocenters. The van der Waals surface area contributed by atoms with Gasteiger partial charge in [0.15, 0.2) is 5.96 Å². The summed E-state index contributed by atoms with van der Waals surface area (Å²) in [5.74, 6) is 1.74. The molecule has 0 heterocycles. The summed E-state index contributed by atoms with van der Waals surface area (Å²) in [6.45, 7) is 10.7. The van der Waals surface area contributed by atoms with Crippen molar-refractivity contribution in [1.29, 1.82) is 0 Å². The molecule has 0 bridgehead atoms. The van der Waals surface area contributed by atoms with Crippen molar-refractivity contribution in [2.75, 3.05) is 39.5 Å². The lowest BCUT2D eigenvalue weighted by Gasteiger charge is -2.12. The number of aryl methyl sites for hydroxylation is 1. The first kappa shape index (κ1) is 19.3. The predicted molar refractivity (Wildman–Crippen MR) is 96.4 cm³/mol. The van der Waals surface area contributed by atoms with Gasteiger partial charge in [0.05, 0.1) is 6.54 Å². The number of nitrogens with zero attached hydrogens (tertiary/aromatic N) is 1. The van der Waals surface area contributed by atoms with Crippen LogP contribution in [0.2, 0.25) is 0 Å². The first-order chi connectivity index (χ1) is 11.3. The molecule has 0 saturated carbocycles. The van der Waals surface area contributed by atoms with Crippen LogP contribution in [0, 0.1) is 6.92 Å². The van der Waals surface area contributed by atoms with E-state index in [1.807, 2.05) is 19.1 Å². The number of aliphatic imine (C=N–C) groups is 1. The Kier molecular flexibility index (Phi) is 10.7. The summed E-state index contributed by atoms with van der Waals surface area (Å²) in [6, 6.07) is 8.09. The van der Waals surface area contributed by atoms with Gasteiger partial charge in [-0.15, -0.1) is 0 Å². The maximum atomic E-state index is 5.70. The molecule has 130 valence electrons. The second kappa shape index (κ2) is 12.8. The molecule has 2 N–H and O–H groups in total. The van der Waals surface area contributed by atoms with Crippen molar-refractivity contribution in [3.05, 3.63) is 29.8 Å². The van der Waals surface area contributed by atoms with Crippen LogP contribution in [0.3, 0.4) is 0 Å². The summed E-state index contributed by atoms with van der Waals surface area (Å²) in [4.78, 5) is 4.55. The minimum atomic E-state index is 0.609. The van der Waals surface area contributed by atoms with Crippen molar-refractivity contribution in [3.8, 4) is 5.75 Å². The van der Waals surface area contributed by atoms with E-state index >= 15 is 0 Å². The van der Waals surface area contributed by atoms with E-state index in [4.69, 9.17) is 9.47 Å². The molecular weight excluding hydrogens is 290 g/mol. The zero-order chi connectivity index (χ0) is 16.8. The Morgan fingerprint density at radius 1 is 1.04 bits per heavy atom. The lowest BCUT2D eigenvalue weighted by molar-refractivity contribution is 0.144. The number of unbranched alkanes of at least 4 members (excludes halogenated alkanes) is 1. The highest BCUT2D eigenvalue weighted by Crippen LogP contribution is 2.10. The quantitative estimate of drug-likeness (QED) is 0.374. The van der Waals surface area contributed by atoms with Crippen molar-refractivity contribution in [1.82, 2.24) is 10.6 Å². The minimum absolute atomic E-state index is 0.609. The third-order valence-electron chi connectivity index (χ3n) is 3.20. The van der Waals surface area contributed by atoms with Gasteiger partial charge in [0.2, 0.25) is 0 Å². The van der Waals surface area contributed by atoms with Gasteiger partial charge in [-0.1, -0.05) is 17.7 Å². The Bertz CT molecular complexity index is 432. The number of rotatable bonds is 11. The van der Waals surface area contributed by atoms with Crippen LogP contribution in [0.1, 0.15) is 32.3 Å². The van der Waals surface area contributed by atoms with E-state index in [1.165, 1.54) is 5.56 Å².